The lowest BCUT2D eigenvalue weighted by atomic mass is 10.1. The smallest absolute Gasteiger partial charge is 0.258 e. The molecular formula is C14H14N4O2. The first-order valence-corrected chi connectivity index (χ1v) is 6.38. The van der Waals surface area contributed by atoms with E-state index in [2.05, 4.69) is 11.2 Å². The van der Waals surface area contributed by atoms with Gasteiger partial charge >= 0.3 is 5.69 Å². The average molecular weight is 270 g/mol. The number of nitrogens with zero attached hydrogens (tertiary/aromatic N) is 4. The third-order valence-corrected chi connectivity index (χ3v) is 3.13. The number of hydrogen-bond donors (Lipinski definition) is 0. The van der Waals surface area contributed by atoms with E-state index in [0.717, 1.165) is 0 Å². The number of hydrogen-bond acceptors (Lipinski definition) is 4. The highest BCUT2D eigenvalue weighted by Crippen LogP contribution is 2.28. The first kappa shape index (κ1) is 13.7. The zero-order valence-electron chi connectivity index (χ0n) is 11.3. The Morgan fingerprint density at radius 2 is 2.05 bits per heavy atom. The van der Waals surface area contributed by atoms with E-state index in [1.54, 1.807) is 24.3 Å². The summed E-state index contributed by atoms with van der Waals surface area (Å²) in [7, 11) is 0. The van der Waals surface area contributed by atoms with Crippen molar-refractivity contribution in [1.82, 2.24) is 9.78 Å². The Morgan fingerprint density at radius 3 is 2.60 bits per heavy atom. The minimum Gasteiger partial charge on any atom is -0.258 e. The second-order valence-electron chi connectivity index (χ2n) is 4.25. The van der Waals surface area contributed by atoms with Gasteiger partial charge in [-0.2, -0.15) is 10.4 Å². The number of rotatable bonds is 4. The minimum absolute atomic E-state index is 0.0581. The number of aryl methyl sites for hydroxylation is 1. The Kier molecular flexibility index (Phi) is 3.80. The van der Waals surface area contributed by atoms with Gasteiger partial charge in [-0.1, -0.05) is 26.0 Å². The van der Waals surface area contributed by atoms with Crippen molar-refractivity contribution in [2.45, 2.75) is 26.7 Å². The van der Waals surface area contributed by atoms with Crippen molar-refractivity contribution in [2.24, 2.45) is 0 Å². The van der Waals surface area contributed by atoms with Crippen molar-refractivity contribution in [3.63, 3.8) is 0 Å². The predicted octanol–water partition coefficient (Wildman–Crippen LogP) is 2.78. The van der Waals surface area contributed by atoms with E-state index < -0.39 is 4.92 Å². The second-order valence-corrected chi connectivity index (χ2v) is 4.25. The van der Waals surface area contributed by atoms with E-state index in [1.807, 2.05) is 13.8 Å². The highest BCUT2D eigenvalue weighted by molar-refractivity contribution is 5.53. The zero-order valence-corrected chi connectivity index (χ0v) is 11.3. The quantitative estimate of drug-likeness (QED) is 0.631. The van der Waals surface area contributed by atoms with Gasteiger partial charge in [0.25, 0.3) is 0 Å². The highest BCUT2D eigenvalue weighted by atomic mass is 16.6. The number of nitriles is 1. The van der Waals surface area contributed by atoms with Crippen LogP contribution in [0.15, 0.2) is 24.3 Å². The molecule has 1 heterocycles. The number of benzene rings is 1. The van der Waals surface area contributed by atoms with Gasteiger partial charge in [-0.15, -0.1) is 0 Å². The molecule has 1 aromatic heterocycles. The van der Waals surface area contributed by atoms with Crippen molar-refractivity contribution >= 4 is 5.69 Å². The molecule has 0 N–H and O–H groups in total. The standard InChI is InChI=1S/C14H14N4O2/c1-3-11-14(18(19)20)12(4-2)17(16-11)13-8-6-5-7-10(13)9-15/h5-8H,3-4H2,1-2H3. The summed E-state index contributed by atoms with van der Waals surface area (Å²) in [6.45, 7) is 3.67. The van der Waals surface area contributed by atoms with Crippen LogP contribution in [-0.4, -0.2) is 14.7 Å². The van der Waals surface area contributed by atoms with Gasteiger partial charge in [-0.05, 0) is 25.0 Å². The number of nitro groups is 1. The Morgan fingerprint density at radius 1 is 1.35 bits per heavy atom. The molecule has 0 fully saturated rings. The second kappa shape index (κ2) is 5.53. The summed E-state index contributed by atoms with van der Waals surface area (Å²) in [6.07, 6.45) is 0.952. The van der Waals surface area contributed by atoms with Crippen LogP contribution in [0.25, 0.3) is 5.69 Å². The van der Waals surface area contributed by atoms with E-state index in [4.69, 9.17) is 5.26 Å². The molecule has 102 valence electrons. The lowest BCUT2D eigenvalue weighted by Gasteiger charge is -2.06. The van der Waals surface area contributed by atoms with Crippen LogP contribution < -0.4 is 0 Å². The third kappa shape index (κ3) is 2.14. The van der Waals surface area contributed by atoms with Gasteiger partial charge in [-0.25, -0.2) is 4.68 Å². The van der Waals surface area contributed by atoms with Gasteiger partial charge < -0.3 is 0 Å². The maximum atomic E-state index is 11.2. The van der Waals surface area contributed by atoms with Crippen molar-refractivity contribution in [1.29, 1.82) is 5.26 Å². The molecule has 6 nitrogen and oxygen atoms in total. The fraction of sp³-hybridized carbons (Fsp3) is 0.286. The van der Waals surface area contributed by atoms with E-state index >= 15 is 0 Å². The van der Waals surface area contributed by atoms with Gasteiger partial charge in [0.15, 0.2) is 0 Å². The Hall–Kier alpha value is -2.68. The van der Waals surface area contributed by atoms with Crippen LogP contribution in [-0.2, 0) is 12.8 Å². The molecule has 0 unspecified atom stereocenters. The van der Waals surface area contributed by atoms with E-state index in [9.17, 15) is 10.1 Å². The SMILES string of the molecule is CCc1nn(-c2ccccc2C#N)c(CC)c1[N+](=O)[O-]. The molecule has 0 radical (unpaired) electrons. The van der Waals surface area contributed by atoms with Gasteiger partial charge in [-0.3, -0.25) is 10.1 Å². The summed E-state index contributed by atoms with van der Waals surface area (Å²) in [5.74, 6) is 0. The molecule has 0 bridgehead atoms. The molecule has 0 atom stereocenters. The molecule has 20 heavy (non-hydrogen) atoms. The summed E-state index contributed by atoms with van der Waals surface area (Å²) in [5.41, 5.74) is 2.05. The minimum atomic E-state index is -0.393. The number of para-hydroxylation sites is 1. The van der Waals surface area contributed by atoms with Gasteiger partial charge in [0.05, 0.1) is 16.2 Å². The number of aromatic nitrogens is 2. The van der Waals surface area contributed by atoms with Crippen molar-refractivity contribution in [3.8, 4) is 11.8 Å². The normalized spacial score (nSPS) is 10.2. The zero-order chi connectivity index (χ0) is 14.7. The molecule has 0 saturated heterocycles. The van der Waals surface area contributed by atoms with E-state index in [1.165, 1.54) is 4.68 Å². The molecule has 0 saturated carbocycles. The molecule has 0 aliphatic rings. The van der Waals surface area contributed by atoms with Crippen LogP contribution in [0.4, 0.5) is 5.69 Å². The van der Waals surface area contributed by atoms with Crippen LogP contribution in [0.1, 0.15) is 30.8 Å². The summed E-state index contributed by atoms with van der Waals surface area (Å²) in [6, 6.07) is 9.05. The molecule has 2 rings (SSSR count). The Bertz CT molecular complexity index is 698. The maximum absolute atomic E-state index is 11.2. The topological polar surface area (TPSA) is 84.8 Å². The lowest BCUT2D eigenvalue weighted by Crippen LogP contribution is -2.04. The van der Waals surface area contributed by atoms with Crippen LogP contribution in [0.5, 0.6) is 0 Å². The Balaban J connectivity index is 2.75. The molecule has 0 aliphatic heterocycles. The van der Waals surface area contributed by atoms with E-state index in [0.29, 0.717) is 35.5 Å². The monoisotopic (exact) mass is 270 g/mol. The molecule has 6 heteroatoms. The van der Waals surface area contributed by atoms with Gasteiger partial charge in [0, 0.05) is 0 Å². The van der Waals surface area contributed by atoms with Crippen LogP contribution in [0.2, 0.25) is 0 Å². The van der Waals surface area contributed by atoms with Crippen molar-refractivity contribution in [3.05, 3.63) is 51.3 Å². The average Bonchev–Trinajstić information content (AvgIpc) is 2.85. The molecule has 0 aliphatic carbocycles. The summed E-state index contributed by atoms with van der Waals surface area (Å²) in [5, 5.41) is 24.7. The first-order chi connectivity index (χ1) is 9.63. The van der Waals surface area contributed by atoms with Gasteiger partial charge in [0.1, 0.15) is 17.5 Å². The molecule has 1 aromatic carbocycles. The summed E-state index contributed by atoms with van der Waals surface area (Å²) >= 11 is 0. The van der Waals surface area contributed by atoms with Crippen molar-refractivity contribution in [2.75, 3.05) is 0 Å². The fourth-order valence-corrected chi connectivity index (χ4v) is 2.21. The van der Waals surface area contributed by atoms with Gasteiger partial charge in [0.2, 0.25) is 0 Å². The fourth-order valence-electron chi connectivity index (χ4n) is 2.21. The van der Waals surface area contributed by atoms with Crippen LogP contribution in [0.3, 0.4) is 0 Å². The lowest BCUT2D eigenvalue weighted by molar-refractivity contribution is -0.386. The molecular weight excluding hydrogens is 256 g/mol. The Labute approximate surface area is 116 Å². The summed E-state index contributed by atoms with van der Waals surface area (Å²) in [4.78, 5) is 10.9. The molecule has 0 spiro atoms. The largest absolute Gasteiger partial charge is 0.313 e. The first-order valence-electron chi connectivity index (χ1n) is 6.38. The molecule has 2 aromatic rings. The van der Waals surface area contributed by atoms with E-state index in [-0.39, 0.29) is 5.69 Å². The molecule has 0 amide bonds. The highest BCUT2D eigenvalue weighted by Gasteiger charge is 2.26. The maximum Gasteiger partial charge on any atom is 0.313 e. The summed E-state index contributed by atoms with van der Waals surface area (Å²) < 4.78 is 1.52. The predicted molar refractivity (Wildman–Crippen MR) is 73.7 cm³/mol. The van der Waals surface area contributed by atoms with Crippen LogP contribution in [0, 0.1) is 21.4 Å². The third-order valence-electron chi connectivity index (χ3n) is 3.13. The van der Waals surface area contributed by atoms with Crippen molar-refractivity contribution < 1.29 is 4.92 Å². The van der Waals surface area contributed by atoms with Crippen LogP contribution >= 0.6 is 0 Å².